The maximum Gasteiger partial charge on any atom is 0.226 e. The van der Waals surface area contributed by atoms with Crippen LogP contribution in [0.25, 0.3) is 11.0 Å². The smallest absolute Gasteiger partial charge is 0.226 e. The van der Waals surface area contributed by atoms with Crippen LogP contribution in [0.5, 0.6) is 0 Å². The monoisotopic (exact) mass is 474 g/mol. The molecule has 6 heteroatoms. The summed E-state index contributed by atoms with van der Waals surface area (Å²) >= 11 is 0. The van der Waals surface area contributed by atoms with Gasteiger partial charge in [-0.3, -0.25) is 14.9 Å². The zero-order valence-corrected chi connectivity index (χ0v) is 21.0. The molecule has 0 radical (unpaired) electrons. The molecule has 6 nitrogen and oxygen atoms in total. The van der Waals surface area contributed by atoms with Crippen LogP contribution in [-0.4, -0.2) is 27.8 Å². The second-order valence-electron chi connectivity index (χ2n) is 13.1. The number of anilines is 1. The molecular formula is C29H38N4O2. The molecule has 2 amide bonds. The maximum atomic E-state index is 13.1. The van der Waals surface area contributed by atoms with Crippen LogP contribution in [0, 0.1) is 39.9 Å². The largest absolute Gasteiger partial charge is 0.352 e. The van der Waals surface area contributed by atoms with E-state index in [1.54, 1.807) is 0 Å². The summed E-state index contributed by atoms with van der Waals surface area (Å²) in [6.45, 7) is 5.00. The molecule has 1 aromatic carbocycles. The Bertz CT molecular complexity index is 1170. The lowest BCUT2D eigenvalue weighted by Gasteiger charge is -2.63. The number of fused-ring (bicyclic) bond motifs is 7. The molecule has 5 fully saturated rings. The van der Waals surface area contributed by atoms with Crippen molar-refractivity contribution in [3.8, 4) is 0 Å². The number of H-pyrrole nitrogens is 1. The predicted molar refractivity (Wildman–Crippen MR) is 135 cm³/mol. The van der Waals surface area contributed by atoms with E-state index in [0.29, 0.717) is 48.0 Å². The zero-order valence-electron chi connectivity index (χ0n) is 21.0. The molecule has 3 N–H and O–H groups in total. The van der Waals surface area contributed by atoms with Crippen LogP contribution in [0.1, 0.15) is 78.1 Å². The first-order valence-corrected chi connectivity index (χ1v) is 13.8. The minimum absolute atomic E-state index is 0.0855. The van der Waals surface area contributed by atoms with Gasteiger partial charge in [0.05, 0.1) is 11.0 Å². The highest BCUT2D eigenvalue weighted by Crippen LogP contribution is 2.72. The summed E-state index contributed by atoms with van der Waals surface area (Å²) in [4.78, 5) is 33.2. The number of nitrogens with zero attached hydrogens (tertiary/aromatic N) is 1. The van der Waals surface area contributed by atoms with E-state index in [9.17, 15) is 9.59 Å². The van der Waals surface area contributed by atoms with Crippen LogP contribution in [0.15, 0.2) is 24.3 Å². The third kappa shape index (κ3) is 3.17. The van der Waals surface area contributed by atoms with E-state index in [0.717, 1.165) is 29.8 Å². The van der Waals surface area contributed by atoms with Gasteiger partial charge in [-0.05, 0) is 103 Å². The first-order valence-electron chi connectivity index (χ1n) is 13.8. The van der Waals surface area contributed by atoms with Gasteiger partial charge in [0.15, 0.2) is 0 Å². The van der Waals surface area contributed by atoms with Crippen molar-refractivity contribution in [2.24, 2.45) is 39.9 Å². The summed E-state index contributed by atoms with van der Waals surface area (Å²) < 4.78 is 0. The van der Waals surface area contributed by atoms with E-state index in [2.05, 4.69) is 34.4 Å². The van der Waals surface area contributed by atoms with Crippen LogP contribution in [0.2, 0.25) is 0 Å². The van der Waals surface area contributed by atoms with Crippen molar-refractivity contribution in [3.05, 3.63) is 24.3 Å². The molecule has 35 heavy (non-hydrogen) atoms. The Hall–Kier alpha value is -2.37. The maximum absolute atomic E-state index is 13.1. The van der Waals surface area contributed by atoms with Crippen molar-refractivity contribution < 1.29 is 9.59 Å². The summed E-state index contributed by atoms with van der Waals surface area (Å²) in [7, 11) is 0. The number of imidazole rings is 1. The number of hydrogen-bond acceptors (Lipinski definition) is 3. The number of rotatable bonds is 3. The van der Waals surface area contributed by atoms with E-state index in [-0.39, 0.29) is 22.6 Å². The van der Waals surface area contributed by atoms with Crippen LogP contribution >= 0.6 is 0 Å². The molecule has 4 aliphatic carbocycles. The number of carbonyl (C=O) groups is 2. The van der Waals surface area contributed by atoms with Gasteiger partial charge in [0, 0.05) is 18.9 Å². The number of para-hydroxylation sites is 2. The van der Waals surface area contributed by atoms with E-state index in [1.165, 1.54) is 38.5 Å². The lowest BCUT2D eigenvalue weighted by Crippen LogP contribution is -2.65. The first-order chi connectivity index (χ1) is 16.8. The summed E-state index contributed by atoms with van der Waals surface area (Å²) in [5.74, 6) is 3.51. The number of amides is 2. The Morgan fingerprint density at radius 3 is 2.66 bits per heavy atom. The highest BCUT2D eigenvalue weighted by Gasteiger charge is 2.68. The third-order valence-corrected chi connectivity index (χ3v) is 11.6. The highest BCUT2D eigenvalue weighted by atomic mass is 16.2. The molecule has 1 saturated heterocycles. The topological polar surface area (TPSA) is 86.9 Å². The molecular weight excluding hydrogens is 436 g/mol. The Morgan fingerprint density at radius 1 is 1.06 bits per heavy atom. The number of aromatic amines is 1. The molecule has 1 spiro atoms. The normalized spacial score (nSPS) is 41.1. The number of aromatic nitrogens is 2. The SMILES string of the molecule is C[C@]12CCC(=O)NC1C1(CC1)CC1C2CC[C@]2(C)[C@@H](CC(=O)Nc3nc4ccccc4[nH]3)CC[C@@H]12. The number of carbonyl (C=O) groups excluding carboxylic acids is 2. The molecule has 3 unspecified atom stereocenters. The molecule has 2 aromatic rings. The van der Waals surface area contributed by atoms with Crippen LogP contribution in [-0.2, 0) is 9.59 Å². The number of benzene rings is 1. The van der Waals surface area contributed by atoms with Gasteiger partial charge in [-0.1, -0.05) is 26.0 Å². The van der Waals surface area contributed by atoms with E-state index < -0.39 is 0 Å². The molecule has 5 aliphatic rings. The van der Waals surface area contributed by atoms with Gasteiger partial charge in [-0.15, -0.1) is 0 Å². The average Bonchev–Trinajstić information content (AvgIpc) is 3.34. The van der Waals surface area contributed by atoms with Gasteiger partial charge < -0.3 is 10.3 Å². The highest BCUT2D eigenvalue weighted by molar-refractivity contribution is 5.91. The molecule has 186 valence electrons. The van der Waals surface area contributed by atoms with Gasteiger partial charge in [-0.25, -0.2) is 4.98 Å². The molecule has 2 heterocycles. The van der Waals surface area contributed by atoms with E-state index in [1.807, 2.05) is 24.3 Å². The van der Waals surface area contributed by atoms with E-state index >= 15 is 0 Å². The quantitative estimate of drug-likeness (QED) is 0.555. The lowest BCUT2D eigenvalue weighted by atomic mass is 9.44. The van der Waals surface area contributed by atoms with Crippen molar-refractivity contribution in [3.63, 3.8) is 0 Å². The average molecular weight is 475 g/mol. The van der Waals surface area contributed by atoms with Gasteiger partial charge in [0.1, 0.15) is 0 Å². The molecule has 7 rings (SSSR count). The lowest BCUT2D eigenvalue weighted by molar-refractivity contribution is -0.147. The van der Waals surface area contributed by atoms with Crippen LogP contribution < -0.4 is 10.6 Å². The minimum atomic E-state index is 0.0855. The number of piperidine rings is 1. The van der Waals surface area contributed by atoms with Gasteiger partial charge in [-0.2, -0.15) is 0 Å². The predicted octanol–water partition coefficient (Wildman–Crippen LogP) is 5.42. The Kier molecular flexibility index (Phi) is 4.58. The van der Waals surface area contributed by atoms with Gasteiger partial charge in [0.2, 0.25) is 17.8 Å². The fraction of sp³-hybridized carbons (Fsp3) is 0.690. The second kappa shape index (κ2) is 7.33. The molecule has 1 aliphatic heterocycles. The van der Waals surface area contributed by atoms with Crippen LogP contribution in [0.3, 0.4) is 0 Å². The molecule has 4 saturated carbocycles. The number of hydrogen-bond donors (Lipinski definition) is 3. The summed E-state index contributed by atoms with van der Waals surface area (Å²) in [5.41, 5.74) is 2.66. The van der Waals surface area contributed by atoms with Crippen molar-refractivity contribution in [2.45, 2.75) is 84.1 Å². The Morgan fingerprint density at radius 2 is 1.86 bits per heavy atom. The van der Waals surface area contributed by atoms with Crippen molar-refractivity contribution >= 4 is 28.8 Å². The Labute approximate surface area is 207 Å². The minimum Gasteiger partial charge on any atom is -0.352 e. The summed E-state index contributed by atoms with van der Waals surface area (Å²) in [6.07, 6.45) is 11.1. The molecule has 1 aromatic heterocycles. The van der Waals surface area contributed by atoms with Crippen molar-refractivity contribution in [1.82, 2.24) is 15.3 Å². The first kappa shape index (κ1) is 21.9. The zero-order chi connectivity index (χ0) is 24.0. The Balaban J connectivity index is 1.09. The summed E-state index contributed by atoms with van der Waals surface area (Å²) in [5, 5.41) is 6.53. The third-order valence-electron chi connectivity index (χ3n) is 11.6. The summed E-state index contributed by atoms with van der Waals surface area (Å²) in [6, 6.07) is 8.27. The van der Waals surface area contributed by atoms with E-state index in [4.69, 9.17) is 0 Å². The van der Waals surface area contributed by atoms with Crippen molar-refractivity contribution in [2.75, 3.05) is 5.32 Å². The van der Waals surface area contributed by atoms with Gasteiger partial charge in [0.25, 0.3) is 0 Å². The van der Waals surface area contributed by atoms with Gasteiger partial charge >= 0.3 is 0 Å². The molecule has 7 atom stereocenters. The standard InChI is InChI=1S/C29H38N4O2/c1-27-11-9-20-18(16-29(13-14-29)25-28(20,2)12-10-23(34)32-25)19(27)8-7-17(27)15-24(35)33-26-30-21-5-3-4-6-22(21)31-26/h3-6,17-20,25H,7-16H2,1-2H3,(H,32,34)(H2,30,31,33,35)/t17-,18?,19+,20?,25?,27-,28-/m1/s1. The fourth-order valence-corrected chi connectivity index (χ4v) is 9.67. The second-order valence-corrected chi connectivity index (χ2v) is 13.1. The van der Waals surface area contributed by atoms with Crippen molar-refractivity contribution in [1.29, 1.82) is 0 Å². The fourth-order valence-electron chi connectivity index (χ4n) is 9.67. The molecule has 0 bridgehead atoms. The van der Waals surface area contributed by atoms with Crippen LogP contribution in [0.4, 0.5) is 5.95 Å². The number of nitrogens with one attached hydrogen (secondary N) is 3.